The first kappa shape index (κ1) is 14.2. The van der Waals surface area contributed by atoms with Crippen LogP contribution >= 0.6 is 12.2 Å². The molecule has 104 valence electrons. The van der Waals surface area contributed by atoms with Crippen LogP contribution in [0.4, 0.5) is 0 Å². The lowest BCUT2D eigenvalue weighted by atomic mass is 10.1. The van der Waals surface area contributed by atoms with Gasteiger partial charge in [0.05, 0.1) is 12.2 Å². The minimum atomic E-state index is -0.201. The lowest BCUT2D eigenvalue weighted by Gasteiger charge is -2.04. The second kappa shape index (κ2) is 5.83. The van der Waals surface area contributed by atoms with Crippen LogP contribution in [0.3, 0.4) is 0 Å². The number of rotatable bonds is 4. The fourth-order valence-electron chi connectivity index (χ4n) is 1.66. The van der Waals surface area contributed by atoms with Crippen molar-refractivity contribution in [2.24, 2.45) is 5.73 Å². The molecule has 0 radical (unpaired) electrons. The summed E-state index contributed by atoms with van der Waals surface area (Å²) in [5.74, 6) is 1.05. The molecule has 1 aromatic carbocycles. The van der Waals surface area contributed by atoms with E-state index in [-0.39, 0.29) is 12.5 Å². The van der Waals surface area contributed by atoms with Crippen molar-refractivity contribution in [1.82, 2.24) is 10.3 Å². The molecular formula is C14H15N3O2S. The van der Waals surface area contributed by atoms with Gasteiger partial charge in [0.2, 0.25) is 5.89 Å². The van der Waals surface area contributed by atoms with Gasteiger partial charge < -0.3 is 15.5 Å². The minimum absolute atomic E-state index is 0.201. The molecule has 0 aliphatic carbocycles. The van der Waals surface area contributed by atoms with Gasteiger partial charge in [-0.25, -0.2) is 4.98 Å². The largest absolute Gasteiger partial charge is 0.444 e. The first-order valence-corrected chi connectivity index (χ1v) is 6.49. The van der Waals surface area contributed by atoms with Crippen LogP contribution in [0.25, 0.3) is 0 Å². The first-order chi connectivity index (χ1) is 9.47. The molecule has 0 saturated carbocycles. The van der Waals surface area contributed by atoms with Gasteiger partial charge in [0, 0.05) is 11.1 Å². The van der Waals surface area contributed by atoms with E-state index in [0.717, 1.165) is 17.0 Å². The third-order valence-corrected chi connectivity index (χ3v) is 3.14. The van der Waals surface area contributed by atoms with Gasteiger partial charge in [-0.2, -0.15) is 0 Å². The fraction of sp³-hybridized carbons (Fsp3) is 0.214. The Morgan fingerprint density at radius 3 is 2.40 bits per heavy atom. The maximum atomic E-state index is 11.9. The van der Waals surface area contributed by atoms with Crippen molar-refractivity contribution in [2.75, 3.05) is 0 Å². The van der Waals surface area contributed by atoms with Crippen molar-refractivity contribution >= 4 is 23.1 Å². The minimum Gasteiger partial charge on any atom is -0.444 e. The number of nitrogens with zero attached hydrogens (tertiary/aromatic N) is 1. The summed E-state index contributed by atoms with van der Waals surface area (Å²) in [7, 11) is 0. The lowest BCUT2D eigenvalue weighted by Crippen LogP contribution is -2.23. The molecule has 2 aromatic rings. The van der Waals surface area contributed by atoms with Crippen molar-refractivity contribution in [1.29, 1.82) is 0 Å². The monoisotopic (exact) mass is 289 g/mol. The van der Waals surface area contributed by atoms with Crippen molar-refractivity contribution in [2.45, 2.75) is 20.4 Å². The normalized spacial score (nSPS) is 10.3. The van der Waals surface area contributed by atoms with Crippen molar-refractivity contribution in [3.63, 3.8) is 0 Å². The number of thiocarbonyl (C=S) groups is 1. The van der Waals surface area contributed by atoms with Crippen LogP contribution in [0.5, 0.6) is 0 Å². The number of benzene rings is 1. The number of amides is 1. The highest BCUT2D eigenvalue weighted by molar-refractivity contribution is 7.80. The number of carbonyl (C=O) groups excluding carboxylic acids is 1. The molecule has 0 saturated heterocycles. The average Bonchev–Trinajstić information content (AvgIpc) is 2.75. The topological polar surface area (TPSA) is 81.2 Å². The number of nitrogens with one attached hydrogen (secondary N) is 1. The van der Waals surface area contributed by atoms with E-state index in [1.807, 2.05) is 13.8 Å². The highest BCUT2D eigenvalue weighted by Gasteiger charge is 2.09. The SMILES string of the molecule is Cc1nc(CNC(=O)c2ccc(C(N)=S)cc2)oc1C. The van der Waals surface area contributed by atoms with E-state index in [1.54, 1.807) is 24.3 Å². The quantitative estimate of drug-likeness (QED) is 0.840. The van der Waals surface area contributed by atoms with Crippen LogP contribution in [-0.4, -0.2) is 15.9 Å². The molecule has 1 aromatic heterocycles. The molecule has 5 nitrogen and oxygen atoms in total. The first-order valence-electron chi connectivity index (χ1n) is 6.08. The van der Waals surface area contributed by atoms with Crippen LogP contribution in [0.1, 0.15) is 33.3 Å². The molecule has 3 N–H and O–H groups in total. The summed E-state index contributed by atoms with van der Waals surface area (Å²) in [4.78, 5) is 16.5. The van der Waals surface area contributed by atoms with Crippen LogP contribution in [0.2, 0.25) is 0 Å². The zero-order valence-electron chi connectivity index (χ0n) is 11.3. The van der Waals surface area contributed by atoms with Gasteiger partial charge in [-0.05, 0) is 26.0 Å². The Kier molecular flexibility index (Phi) is 4.14. The second-order valence-corrected chi connectivity index (χ2v) is 4.81. The average molecular weight is 289 g/mol. The summed E-state index contributed by atoms with van der Waals surface area (Å²) >= 11 is 4.86. The van der Waals surface area contributed by atoms with Gasteiger partial charge in [0.1, 0.15) is 10.7 Å². The number of aromatic nitrogens is 1. The molecule has 0 bridgehead atoms. The predicted octanol–water partition coefficient (Wildman–Crippen LogP) is 1.86. The van der Waals surface area contributed by atoms with E-state index >= 15 is 0 Å². The van der Waals surface area contributed by atoms with Gasteiger partial charge in [-0.3, -0.25) is 4.79 Å². The second-order valence-electron chi connectivity index (χ2n) is 4.37. The molecule has 0 atom stereocenters. The fourth-order valence-corrected chi connectivity index (χ4v) is 1.79. The molecule has 1 heterocycles. The smallest absolute Gasteiger partial charge is 0.251 e. The third-order valence-electron chi connectivity index (χ3n) is 2.90. The Morgan fingerprint density at radius 1 is 1.30 bits per heavy atom. The van der Waals surface area contributed by atoms with Crippen LogP contribution in [0, 0.1) is 13.8 Å². The summed E-state index contributed by atoms with van der Waals surface area (Å²) in [6.45, 7) is 3.95. The highest BCUT2D eigenvalue weighted by Crippen LogP contribution is 2.09. The van der Waals surface area contributed by atoms with Crippen molar-refractivity contribution < 1.29 is 9.21 Å². The number of hydrogen-bond donors (Lipinski definition) is 2. The molecule has 6 heteroatoms. The summed E-state index contributed by atoms with van der Waals surface area (Å²) < 4.78 is 5.39. The summed E-state index contributed by atoms with van der Waals surface area (Å²) in [6.07, 6.45) is 0. The van der Waals surface area contributed by atoms with Gasteiger partial charge in [-0.15, -0.1) is 0 Å². The van der Waals surface area contributed by atoms with E-state index in [1.165, 1.54) is 0 Å². The Hall–Kier alpha value is -2.21. The number of hydrogen-bond acceptors (Lipinski definition) is 4. The summed E-state index contributed by atoms with van der Waals surface area (Å²) in [6, 6.07) is 6.79. The van der Waals surface area contributed by atoms with E-state index in [4.69, 9.17) is 22.4 Å². The Balaban J connectivity index is 1.99. The molecule has 1 amide bonds. The van der Waals surface area contributed by atoms with Crippen molar-refractivity contribution in [3.8, 4) is 0 Å². The Morgan fingerprint density at radius 2 is 1.90 bits per heavy atom. The maximum absolute atomic E-state index is 11.9. The number of oxazole rings is 1. The van der Waals surface area contributed by atoms with Crippen LogP contribution in [0.15, 0.2) is 28.7 Å². The molecule has 0 fully saturated rings. The van der Waals surface area contributed by atoms with Gasteiger partial charge in [-0.1, -0.05) is 24.4 Å². The summed E-state index contributed by atoms with van der Waals surface area (Å²) in [5.41, 5.74) is 7.59. The van der Waals surface area contributed by atoms with E-state index in [9.17, 15) is 4.79 Å². The maximum Gasteiger partial charge on any atom is 0.251 e. The van der Waals surface area contributed by atoms with E-state index < -0.39 is 0 Å². The molecular weight excluding hydrogens is 274 g/mol. The van der Waals surface area contributed by atoms with E-state index in [2.05, 4.69) is 10.3 Å². The molecule has 0 aliphatic rings. The highest BCUT2D eigenvalue weighted by atomic mass is 32.1. The zero-order valence-corrected chi connectivity index (χ0v) is 12.1. The third kappa shape index (κ3) is 3.21. The van der Waals surface area contributed by atoms with Crippen molar-refractivity contribution in [3.05, 3.63) is 52.7 Å². The molecule has 0 aliphatic heterocycles. The zero-order chi connectivity index (χ0) is 14.7. The van der Waals surface area contributed by atoms with E-state index in [0.29, 0.717) is 16.4 Å². The Bertz CT molecular complexity index is 627. The molecule has 20 heavy (non-hydrogen) atoms. The summed E-state index contributed by atoms with van der Waals surface area (Å²) in [5, 5.41) is 2.75. The van der Waals surface area contributed by atoms with Gasteiger partial charge >= 0.3 is 0 Å². The Labute approximate surface area is 122 Å². The number of nitrogens with two attached hydrogens (primary N) is 1. The molecule has 0 unspecified atom stereocenters. The standard InChI is InChI=1S/C14H15N3O2S/c1-8-9(2)19-12(17-8)7-16-14(18)11-5-3-10(4-6-11)13(15)20/h3-6H,7H2,1-2H3,(H2,15,20)(H,16,18). The predicted molar refractivity (Wildman–Crippen MR) is 79.5 cm³/mol. The number of aryl methyl sites for hydroxylation is 2. The number of carbonyl (C=O) groups is 1. The lowest BCUT2D eigenvalue weighted by molar-refractivity contribution is 0.0947. The van der Waals surface area contributed by atoms with Crippen LogP contribution < -0.4 is 11.1 Å². The van der Waals surface area contributed by atoms with Gasteiger partial charge in [0.15, 0.2) is 0 Å². The van der Waals surface area contributed by atoms with Crippen LogP contribution in [-0.2, 0) is 6.54 Å². The molecule has 0 spiro atoms. The van der Waals surface area contributed by atoms with Gasteiger partial charge in [0.25, 0.3) is 5.91 Å². The molecule has 2 rings (SSSR count).